The molecule has 0 saturated carbocycles. The van der Waals surface area contributed by atoms with Gasteiger partial charge in [-0.15, -0.1) is 0 Å². The van der Waals surface area contributed by atoms with E-state index in [4.69, 9.17) is 0 Å². The molecule has 1 aromatic carbocycles. The van der Waals surface area contributed by atoms with E-state index in [0.717, 1.165) is 5.56 Å². The SMILES string of the molecule is CC(C)N(Cc1ccccc1)C(=O)c1nc(C(=O)NC(C)(C)C)n2ccccc12. The normalized spacial score (nSPS) is 11.7. The van der Waals surface area contributed by atoms with Gasteiger partial charge in [-0.25, -0.2) is 4.98 Å². The lowest BCUT2D eigenvalue weighted by atomic mass is 10.1. The van der Waals surface area contributed by atoms with Gasteiger partial charge in [0.05, 0.1) is 5.52 Å². The summed E-state index contributed by atoms with van der Waals surface area (Å²) in [5.41, 5.74) is 1.55. The number of carbonyl (C=O) groups excluding carboxylic acids is 2. The summed E-state index contributed by atoms with van der Waals surface area (Å²) in [4.78, 5) is 32.5. The second-order valence-electron chi connectivity index (χ2n) is 8.46. The van der Waals surface area contributed by atoms with Crippen LogP contribution in [0.2, 0.25) is 0 Å². The van der Waals surface area contributed by atoms with Gasteiger partial charge in [-0.2, -0.15) is 0 Å². The molecule has 0 fully saturated rings. The van der Waals surface area contributed by atoms with E-state index in [1.807, 2.05) is 83.1 Å². The van der Waals surface area contributed by atoms with E-state index in [1.165, 1.54) is 0 Å². The standard InChI is InChI=1S/C23H28N4O2/c1-16(2)27(15-17-11-7-6-8-12-17)22(29)19-18-13-9-10-14-26(18)20(24-19)21(28)25-23(3,4)5/h6-14,16H,15H2,1-5H3,(H,25,28). The topological polar surface area (TPSA) is 66.7 Å². The van der Waals surface area contributed by atoms with Gasteiger partial charge >= 0.3 is 0 Å². The average Bonchev–Trinajstić information content (AvgIpc) is 3.05. The number of hydrogen-bond acceptors (Lipinski definition) is 3. The molecule has 2 amide bonds. The van der Waals surface area contributed by atoms with Crippen LogP contribution in [-0.2, 0) is 6.54 Å². The van der Waals surface area contributed by atoms with Crippen molar-refractivity contribution >= 4 is 17.3 Å². The summed E-state index contributed by atoms with van der Waals surface area (Å²) < 4.78 is 1.68. The molecule has 2 heterocycles. The van der Waals surface area contributed by atoms with E-state index in [-0.39, 0.29) is 29.4 Å². The van der Waals surface area contributed by atoms with Gasteiger partial charge in [0.2, 0.25) is 5.82 Å². The first kappa shape index (κ1) is 20.6. The summed E-state index contributed by atoms with van der Waals surface area (Å²) in [7, 11) is 0. The number of aromatic nitrogens is 2. The Bertz CT molecular complexity index is 1020. The number of imidazole rings is 1. The number of benzene rings is 1. The van der Waals surface area contributed by atoms with E-state index in [0.29, 0.717) is 12.1 Å². The lowest BCUT2D eigenvalue weighted by Gasteiger charge is -2.26. The predicted octanol–water partition coefficient (Wildman–Crippen LogP) is 3.91. The monoisotopic (exact) mass is 392 g/mol. The Morgan fingerprint density at radius 2 is 1.72 bits per heavy atom. The average molecular weight is 393 g/mol. The highest BCUT2D eigenvalue weighted by Gasteiger charge is 2.27. The number of rotatable bonds is 5. The van der Waals surface area contributed by atoms with Gasteiger partial charge in [-0.1, -0.05) is 36.4 Å². The highest BCUT2D eigenvalue weighted by Crippen LogP contribution is 2.19. The maximum Gasteiger partial charge on any atom is 0.288 e. The third-order valence-electron chi connectivity index (χ3n) is 4.52. The molecule has 0 bridgehead atoms. The lowest BCUT2D eigenvalue weighted by Crippen LogP contribution is -2.41. The van der Waals surface area contributed by atoms with Crippen molar-refractivity contribution in [2.75, 3.05) is 0 Å². The van der Waals surface area contributed by atoms with Crippen LogP contribution in [0, 0.1) is 0 Å². The zero-order chi connectivity index (χ0) is 21.2. The van der Waals surface area contributed by atoms with Crippen molar-refractivity contribution in [2.45, 2.75) is 52.7 Å². The molecule has 2 aromatic heterocycles. The molecule has 152 valence electrons. The number of carbonyl (C=O) groups is 2. The minimum Gasteiger partial charge on any atom is -0.345 e. The molecular formula is C23H28N4O2. The third-order valence-corrected chi connectivity index (χ3v) is 4.52. The fourth-order valence-corrected chi connectivity index (χ4v) is 3.16. The van der Waals surface area contributed by atoms with Crippen LogP contribution in [0.25, 0.3) is 5.52 Å². The molecule has 6 nitrogen and oxygen atoms in total. The van der Waals surface area contributed by atoms with Crippen molar-refractivity contribution in [1.82, 2.24) is 19.6 Å². The van der Waals surface area contributed by atoms with Gasteiger partial charge in [-0.05, 0) is 52.3 Å². The highest BCUT2D eigenvalue weighted by molar-refractivity contribution is 6.02. The maximum atomic E-state index is 13.4. The van der Waals surface area contributed by atoms with Crippen molar-refractivity contribution in [3.63, 3.8) is 0 Å². The first-order chi connectivity index (χ1) is 13.7. The van der Waals surface area contributed by atoms with Gasteiger partial charge in [0, 0.05) is 24.3 Å². The minimum absolute atomic E-state index is 0.0185. The van der Waals surface area contributed by atoms with Gasteiger partial charge in [0.1, 0.15) is 0 Å². The number of nitrogens with one attached hydrogen (secondary N) is 1. The van der Waals surface area contributed by atoms with Crippen molar-refractivity contribution in [3.05, 3.63) is 71.8 Å². The summed E-state index contributed by atoms with van der Waals surface area (Å²) in [6.07, 6.45) is 1.76. The van der Waals surface area contributed by atoms with E-state index in [1.54, 1.807) is 15.5 Å². The van der Waals surface area contributed by atoms with Crippen LogP contribution in [0.15, 0.2) is 54.7 Å². The number of amides is 2. The van der Waals surface area contributed by atoms with Crippen LogP contribution in [0.1, 0.15) is 61.3 Å². The van der Waals surface area contributed by atoms with Gasteiger partial charge in [0.25, 0.3) is 11.8 Å². The first-order valence-electron chi connectivity index (χ1n) is 9.82. The molecule has 0 radical (unpaired) electrons. The van der Waals surface area contributed by atoms with Gasteiger partial charge < -0.3 is 10.2 Å². The second kappa shape index (κ2) is 8.07. The molecule has 0 unspecified atom stereocenters. The Morgan fingerprint density at radius 3 is 2.34 bits per heavy atom. The summed E-state index contributed by atoms with van der Waals surface area (Å²) >= 11 is 0. The number of nitrogens with zero attached hydrogens (tertiary/aromatic N) is 3. The summed E-state index contributed by atoms with van der Waals surface area (Å²) in [6, 6.07) is 15.3. The summed E-state index contributed by atoms with van der Waals surface area (Å²) in [5, 5.41) is 2.92. The summed E-state index contributed by atoms with van der Waals surface area (Å²) in [6.45, 7) is 10.2. The molecule has 0 saturated heterocycles. The molecule has 1 N–H and O–H groups in total. The smallest absolute Gasteiger partial charge is 0.288 e. The van der Waals surface area contributed by atoms with E-state index < -0.39 is 5.54 Å². The Labute approximate surface area is 171 Å². The maximum absolute atomic E-state index is 13.4. The van der Waals surface area contributed by atoms with Crippen molar-refractivity contribution in [1.29, 1.82) is 0 Å². The van der Waals surface area contributed by atoms with Crippen molar-refractivity contribution in [2.24, 2.45) is 0 Å². The van der Waals surface area contributed by atoms with Gasteiger partial charge in [0.15, 0.2) is 5.69 Å². The van der Waals surface area contributed by atoms with Crippen LogP contribution < -0.4 is 5.32 Å². The fourth-order valence-electron chi connectivity index (χ4n) is 3.16. The van der Waals surface area contributed by atoms with E-state index in [9.17, 15) is 9.59 Å². The van der Waals surface area contributed by atoms with Crippen LogP contribution in [-0.4, -0.2) is 37.7 Å². The predicted molar refractivity (Wildman–Crippen MR) is 114 cm³/mol. The van der Waals surface area contributed by atoms with E-state index in [2.05, 4.69) is 10.3 Å². The zero-order valence-electron chi connectivity index (χ0n) is 17.6. The number of hydrogen-bond donors (Lipinski definition) is 1. The quantitative estimate of drug-likeness (QED) is 0.716. The molecule has 0 aliphatic rings. The molecule has 0 aliphatic heterocycles. The zero-order valence-corrected chi connectivity index (χ0v) is 17.6. The molecular weight excluding hydrogens is 364 g/mol. The Kier molecular flexibility index (Phi) is 5.73. The minimum atomic E-state index is -0.404. The largest absolute Gasteiger partial charge is 0.345 e. The lowest BCUT2D eigenvalue weighted by molar-refractivity contribution is 0.0687. The molecule has 0 spiro atoms. The van der Waals surface area contributed by atoms with Gasteiger partial charge in [-0.3, -0.25) is 14.0 Å². The molecule has 0 atom stereocenters. The molecule has 0 aliphatic carbocycles. The Morgan fingerprint density at radius 1 is 1.07 bits per heavy atom. The Balaban J connectivity index is 2.01. The van der Waals surface area contributed by atoms with Crippen molar-refractivity contribution in [3.8, 4) is 0 Å². The second-order valence-corrected chi connectivity index (χ2v) is 8.46. The van der Waals surface area contributed by atoms with Crippen LogP contribution in [0.5, 0.6) is 0 Å². The number of fused-ring (bicyclic) bond motifs is 1. The molecule has 3 aromatic rings. The van der Waals surface area contributed by atoms with E-state index >= 15 is 0 Å². The van der Waals surface area contributed by atoms with Crippen LogP contribution in [0.4, 0.5) is 0 Å². The van der Waals surface area contributed by atoms with Crippen LogP contribution in [0.3, 0.4) is 0 Å². The Hall–Kier alpha value is -3.15. The van der Waals surface area contributed by atoms with Crippen molar-refractivity contribution < 1.29 is 9.59 Å². The fraction of sp³-hybridized carbons (Fsp3) is 0.348. The molecule has 29 heavy (non-hydrogen) atoms. The molecule has 6 heteroatoms. The first-order valence-corrected chi connectivity index (χ1v) is 9.82. The summed E-state index contributed by atoms with van der Waals surface area (Å²) in [5.74, 6) is -0.290. The van der Waals surface area contributed by atoms with Crippen LogP contribution >= 0.6 is 0 Å². The molecule has 3 rings (SSSR count). The number of pyridine rings is 1. The third kappa shape index (κ3) is 4.65. The highest BCUT2D eigenvalue weighted by atomic mass is 16.2.